The minimum atomic E-state index is -3.64. The number of para-hydroxylation sites is 1. The number of hydrogen-bond donors (Lipinski definition) is 2. The molecule has 21 heavy (non-hydrogen) atoms. The molecule has 0 unspecified atom stereocenters. The van der Waals surface area contributed by atoms with E-state index < -0.39 is 10.0 Å². The predicted molar refractivity (Wildman–Crippen MR) is 85.5 cm³/mol. The second kappa shape index (κ2) is 5.58. The van der Waals surface area contributed by atoms with Crippen molar-refractivity contribution in [2.24, 2.45) is 0 Å². The molecule has 0 saturated carbocycles. The van der Waals surface area contributed by atoms with E-state index in [-0.39, 0.29) is 4.90 Å². The van der Waals surface area contributed by atoms with Crippen LogP contribution in [-0.4, -0.2) is 15.0 Å². The molecule has 0 fully saturated rings. The molecule has 2 aromatic rings. The normalized spacial score (nSPS) is 14.1. The van der Waals surface area contributed by atoms with Gasteiger partial charge in [-0.1, -0.05) is 29.8 Å². The quantitative estimate of drug-likeness (QED) is 0.909. The lowest BCUT2D eigenvalue weighted by atomic mass is 10.0. The lowest BCUT2D eigenvalue weighted by Crippen LogP contribution is -2.16. The number of hydrogen-bond acceptors (Lipinski definition) is 3. The highest BCUT2D eigenvalue weighted by Gasteiger charge is 2.18. The fraction of sp³-hybridized carbons (Fsp3) is 0.200. The first-order chi connectivity index (χ1) is 10.1. The summed E-state index contributed by atoms with van der Waals surface area (Å²) in [5.41, 5.74) is 2.42. The Morgan fingerprint density at radius 3 is 2.76 bits per heavy atom. The molecule has 4 nitrogen and oxygen atoms in total. The molecule has 0 aliphatic carbocycles. The summed E-state index contributed by atoms with van der Waals surface area (Å²) in [4.78, 5) is 0.232. The van der Waals surface area contributed by atoms with Crippen LogP contribution < -0.4 is 10.0 Å². The Hall–Kier alpha value is -1.72. The van der Waals surface area contributed by atoms with Crippen molar-refractivity contribution in [2.75, 3.05) is 16.6 Å². The number of fused-ring (bicyclic) bond motifs is 1. The Labute approximate surface area is 129 Å². The summed E-state index contributed by atoms with van der Waals surface area (Å²) in [6.45, 7) is 0.869. The van der Waals surface area contributed by atoms with Crippen LogP contribution in [0.2, 0.25) is 5.02 Å². The van der Waals surface area contributed by atoms with Crippen LogP contribution in [0.1, 0.15) is 12.0 Å². The van der Waals surface area contributed by atoms with Gasteiger partial charge in [0.2, 0.25) is 0 Å². The minimum absolute atomic E-state index is 0.232. The monoisotopic (exact) mass is 322 g/mol. The van der Waals surface area contributed by atoms with Crippen molar-refractivity contribution in [2.45, 2.75) is 17.7 Å². The largest absolute Gasteiger partial charge is 0.385 e. The standard InChI is InChI=1S/C15H15ClN2O2S/c16-13-5-1-2-6-14(13)18-21(19,20)12-8-7-11-4-3-9-17-15(11)10-12/h1-2,5-8,10,17-18H,3-4,9H2. The molecule has 0 atom stereocenters. The van der Waals surface area contributed by atoms with Gasteiger partial charge in [0.05, 0.1) is 15.6 Å². The molecule has 0 radical (unpaired) electrons. The number of aryl methyl sites for hydroxylation is 1. The Balaban J connectivity index is 1.93. The number of rotatable bonds is 3. The van der Waals surface area contributed by atoms with Gasteiger partial charge in [-0.05, 0) is 42.7 Å². The average molecular weight is 323 g/mol. The molecular weight excluding hydrogens is 308 g/mol. The second-order valence-corrected chi connectivity index (χ2v) is 7.02. The van der Waals surface area contributed by atoms with Crippen LogP contribution in [0.4, 0.5) is 11.4 Å². The van der Waals surface area contributed by atoms with Crippen molar-refractivity contribution in [3.63, 3.8) is 0 Å². The average Bonchev–Trinajstić information content (AvgIpc) is 2.49. The van der Waals surface area contributed by atoms with Gasteiger partial charge in [-0.15, -0.1) is 0 Å². The van der Waals surface area contributed by atoms with E-state index in [2.05, 4.69) is 10.0 Å². The van der Waals surface area contributed by atoms with E-state index in [4.69, 9.17) is 11.6 Å². The molecule has 0 bridgehead atoms. The fourth-order valence-electron chi connectivity index (χ4n) is 2.35. The van der Waals surface area contributed by atoms with Gasteiger partial charge in [-0.3, -0.25) is 4.72 Å². The van der Waals surface area contributed by atoms with Gasteiger partial charge in [0.25, 0.3) is 10.0 Å². The van der Waals surface area contributed by atoms with Crippen LogP contribution in [-0.2, 0) is 16.4 Å². The predicted octanol–water partition coefficient (Wildman–Crippen LogP) is 3.50. The molecular formula is C15H15ClN2O2S. The first-order valence-corrected chi connectivity index (χ1v) is 8.56. The molecule has 0 spiro atoms. The third kappa shape index (κ3) is 2.99. The maximum atomic E-state index is 12.4. The zero-order valence-corrected chi connectivity index (χ0v) is 12.8. The fourth-order valence-corrected chi connectivity index (χ4v) is 3.70. The zero-order chi connectivity index (χ0) is 14.9. The van der Waals surface area contributed by atoms with Crippen LogP contribution >= 0.6 is 11.6 Å². The van der Waals surface area contributed by atoms with Crippen LogP contribution in [0, 0.1) is 0 Å². The summed E-state index contributed by atoms with van der Waals surface area (Å²) in [5.74, 6) is 0. The van der Waals surface area contributed by atoms with Gasteiger partial charge in [0, 0.05) is 12.2 Å². The first-order valence-electron chi connectivity index (χ1n) is 6.70. The van der Waals surface area contributed by atoms with E-state index in [0.29, 0.717) is 10.7 Å². The van der Waals surface area contributed by atoms with Crippen LogP contribution in [0.25, 0.3) is 0 Å². The smallest absolute Gasteiger partial charge is 0.262 e. The van der Waals surface area contributed by atoms with Crippen molar-refractivity contribution >= 4 is 33.0 Å². The van der Waals surface area contributed by atoms with E-state index in [0.717, 1.165) is 30.6 Å². The van der Waals surface area contributed by atoms with Gasteiger partial charge >= 0.3 is 0 Å². The SMILES string of the molecule is O=S(=O)(Nc1ccccc1Cl)c1ccc2c(c1)NCCC2. The van der Waals surface area contributed by atoms with Crippen LogP contribution in [0.15, 0.2) is 47.4 Å². The number of anilines is 2. The van der Waals surface area contributed by atoms with Crippen molar-refractivity contribution in [3.8, 4) is 0 Å². The molecule has 0 saturated heterocycles. The lowest BCUT2D eigenvalue weighted by Gasteiger charge is -2.19. The summed E-state index contributed by atoms with van der Waals surface area (Å²) in [7, 11) is -3.64. The van der Waals surface area contributed by atoms with Crippen molar-refractivity contribution in [1.82, 2.24) is 0 Å². The van der Waals surface area contributed by atoms with Gasteiger partial charge in [0.1, 0.15) is 0 Å². The minimum Gasteiger partial charge on any atom is -0.385 e. The highest BCUT2D eigenvalue weighted by atomic mass is 35.5. The third-order valence-corrected chi connectivity index (χ3v) is 5.14. The lowest BCUT2D eigenvalue weighted by molar-refractivity contribution is 0.601. The molecule has 0 aromatic heterocycles. The molecule has 3 rings (SSSR count). The van der Waals surface area contributed by atoms with E-state index >= 15 is 0 Å². The summed E-state index contributed by atoms with van der Waals surface area (Å²) < 4.78 is 27.4. The maximum Gasteiger partial charge on any atom is 0.262 e. The number of benzene rings is 2. The summed E-state index contributed by atoms with van der Waals surface area (Å²) in [6, 6.07) is 11.9. The number of sulfonamides is 1. The molecule has 0 amide bonds. The van der Waals surface area contributed by atoms with E-state index in [1.165, 1.54) is 0 Å². The molecule has 2 aromatic carbocycles. The van der Waals surface area contributed by atoms with E-state index in [1.807, 2.05) is 6.07 Å². The third-order valence-electron chi connectivity index (χ3n) is 3.45. The Morgan fingerprint density at radius 1 is 1.14 bits per heavy atom. The number of halogens is 1. The molecule has 1 heterocycles. The molecule has 110 valence electrons. The summed E-state index contributed by atoms with van der Waals surface area (Å²) in [5, 5.41) is 3.60. The second-order valence-electron chi connectivity index (χ2n) is 4.93. The van der Waals surface area contributed by atoms with Crippen molar-refractivity contribution in [1.29, 1.82) is 0 Å². The van der Waals surface area contributed by atoms with Crippen molar-refractivity contribution in [3.05, 3.63) is 53.1 Å². The summed E-state index contributed by atoms with van der Waals surface area (Å²) >= 11 is 5.99. The Morgan fingerprint density at radius 2 is 1.95 bits per heavy atom. The Bertz CT molecular complexity index is 775. The topological polar surface area (TPSA) is 58.2 Å². The van der Waals surface area contributed by atoms with Crippen LogP contribution in [0.5, 0.6) is 0 Å². The molecule has 6 heteroatoms. The first kappa shape index (κ1) is 14.2. The zero-order valence-electron chi connectivity index (χ0n) is 11.3. The molecule has 1 aliphatic rings. The van der Waals surface area contributed by atoms with Crippen molar-refractivity contribution < 1.29 is 8.42 Å². The maximum absolute atomic E-state index is 12.4. The van der Waals surface area contributed by atoms with Gasteiger partial charge in [0.15, 0.2) is 0 Å². The highest BCUT2D eigenvalue weighted by molar-refractivity contribution is 7.92. The van der Waals surface area contributed by atoms with Gasteiger partial charge in [-0.25, -0.2) is 8.42 Å². The highest BCUT2D eigenvalue weighted by Crippen LogP contribution is 2.28. The van der Waals surface area contributed by atoms with Crippen LogP contribution in [0.3, 0.4) is 0 Å². The summed E-state index contributed by atoms with van der Waals surface area (Å²) in [6.07, 6.45) is 2.04. The van der Waals surface area contributed by atoms with E-state index in [1.54, 1.807) is 36.4 Å². The van der Waals surface area contributed by atoms with Gasteiger partial charge < -0.3 is 5.32 Å². The number of nitrogens with one attached hydrogen (secondary N) is 2. The molecule has 2 N–H and O–H groups in total. The van der Waals surface area contributed by atoms with E-state index in [9.17, 15) is 8.42 Å². The van der Waals surface area contributed by atoms with Gasteiger partial charge in [-0.2, -0.15) is 0 Å². The molecule has 1 aliphatic heterocycles. The Kier molecular flexibility index (Phi) is 3.78.